The lowest BCUT2D eigenvalue weighted by Gasteiger charge is -2.15. The number of aryl methyl sites for hydroxylation is 1. The summed E-state index contributed by atoms with van der Waals surface area (Å²) in [7, 11) is 0. The van der Waals surface area contributed by atoms with E-state index in [0.29, 0.717) is 27.0 Å². The number of rotatable bonds is 6. The number of hydrogen-bond acceptors (Lipinski definition) is 4. The van der Waals surface area contributed by atoms with Gasteiger partial charge in [-0.3, -0.25) is 4.79 Å². The van der Waals surface area contributed by atoms with Crippen LogP contribution in [-0.4, -0.2) is 28.0 Å². The Morgan fingerprint density at radius 2 is 1.92 bits per heavy atom. The van der Waals surface area contributed by atoms with E-state index in [2.05, 4.69) is 10.3 Å². The van der Waals surface area contributed by atoms with Gasteiger partial charge >= 0.3 is 5.97 Å². The molecule has 0 spiro atoms. The van der Waals surface area contributed by atoms with Crippen molar-refractivity contribution in [3.63, 3.8) is 0 Å². The third kappa shape index (κ3) is 4.55. The number of thiazole rings is 1. The van der Waals surface area contributed by atoms with E-state index >= 15 is 0 Å². The van der Waals surface area contributed by atoms with Gasteiger partial charge in [0.1, 0.15) is 15.9 Å². The van der Waals surface area contributed by atoms with Crippen LogP contribution in [-0.2, 0) is 4.79 Å². The first kappa shape index (κ1) is 18.4. The van der Waals surface area contributed by atoms with Crippen LogP contribution in [0.25, 0.3) is 10.6 Å². The lowest BCUT2D eigenvalue weighted by atomic mass is 10.0. The summed E-state index contributed by atoms with van der Waals surface area (Å²) in [6, 6.07) is 6.28. The van der Waals surface area contributed by atoms with Crippen LogP contribution in [0.3, 0.4) is 0 Å². The Bertz CT molecular complexity index is 741. The minimum Gasteiger partial charge on any atom is -0.480 e. The molecule has 0 aliphatic heterocycles. The van der Waals surface area contributed by atoms with Gasteiger partial charge in [0, 0.05) is 10.6 Å². The molecule has 1 amide bonds. The highest BCUT2D eigenvalue weighted by Crippen LogP contribution is 2.29. The molecule has 0 unspecified atom stereocenters. The molecule has 0 saturated heterocycles. The lowest BCUT2D eigenvalue weighted by molar-refractivity contribution is -0.139. The summed E-state index contributed by atoms with van der Waals surface area (Å²) >= 11 is 7.12. The van der Waals surface area contributed by atoms with Gasteiger partial charge in [0.05, 0.1) is 5.69 Å². The zero-order valence-corrected chi connectivity index (χ0v) is 15.2. The minimum atomic E-state index is -1.03. The number of carboxylic acids is 1. The van der Waals surface area contributed by atoms with Gasteiger partial charge in [0.2, 0.25) is 0 Å². The van der Waals surface area contributed by atoms with Gasteiger partial charge in [-0.25, -0.2) is 9.78 Å². The molecule has 0 fully saturated rings. The van der Waals surface area contributed by atoms with Gasteiger partial charge in [-0.2, -0.15) is 0 Å². The normalized spacial score (nSPS) is 12.2. The molecule has 1 heterocycles. The maximum atomic E-state index is 12.4. The molecule has 0 saturated carbocycles. The highest BCUT2D eigenvalue weighted by Gasteiger charge is 2.24. The molecule has 0 bridgehead atoms. The zero-order valence-electron chi connectivity index (χ0n) is 13.7. The molecule has 2 N–H and O–H groups in total. The molecule has 2 rings (SSSR count). The SMILES string of the molecule is Cc1nc(-c2ccc(Cl)cc2)sc1C(=O)N[C@@H](CC(C)C)C(=O)O. The van der Waals surface area contributed by atoms with Crippen molar-refractivity contribution in [1.82, 2.24) is 10.3 Å². The topological polar surface area (TPSA) is 79.3 Å². The molecule has 128 valence electrons. The van der Waals surface area contributed by atoms with Crippen LogP contribution < -0.4 is 5.32 Å². The predicted octanol–water partition coefficient (Wildman–Crippen LogP) is 4.00. The molecule has 0 radical (unpaired) electrons. The Kier molecular flexibility index (Phi) is 5.96. The van der Waals surface area contributed by atoms with E-state index in [-0.39, 0.29) is 5.92 Å². The van der Waals surface area contributed by atoms with Crippen LogP contribution in [0.4, 0.5) is 0 Å². The fourth-order valence-corrected chi connectivity index (χ4v) is 3.34. The summed E-state index contributed by atoms with van der Waals surface area (Å²) in [5.41, 5.74) is 1.44. The van der Waals surface area contributed by atoms with Crippen molar-refractivity contribution in [2.24, 2.45) is 5.92 Å². The van der Waals surface area contributed by atoms with E-state index in [1.807, 2.05) is 26.0 Å². The number of carbonyl (C=O) groups is 2. The smallest absolute Gasteiger partial charge is 0.326 e. The highest BCUT2D eigenvalue weighted by molar-refractivity contribution is 7.17. The molecular formula is C17H19ClN2O3S. The van der Waals surface area contributed by atoms with E-state index < -0.39 is 17.9 Å². The Morgan fingerprint density at radius 3 is 2.46 bits per heavy atom. The average Bonchev–Trinajstić information content (AvgIpc) is 2.88. The van der Waals surface area contributed by atoms with Crippen LogP contribution in [0.1, 0.15) is 35.6 Å². The quantitative estimate of drug-likeness (QED) is 0.809. The zero-order chi connectivity index (χ0) is 17.9. The number of nitrogens with zero attached hydrogens (tertiary/aromatic N) is 1. The second-order valence-corrected chi connectivity index (χ2v) is 7.37. The van der Waals surface area contributed by atoms with Gasteiger partial charge in [-0.15, -0.1) is 11.3 Å². The first-order chi connectivity index (χ1) is 11.3. The number of aliphatic carboxylic acids is 1. The maximum absolute atomic E-state index is 12.4. The van der Waals surface area contributed by atoms with Gasteiger partial charge < -0.3 is 10.4 Å². The monoisotopic (exact) mass is 366 g/mol. The number of amides is 1. The van der Waals surface area contributed by atoms with Crippen molar-refractivity contribution >= 4 is 34.8 Å². The van der Waals surface area contributed by atoms with Gasteiger partial charge in [0.25, 0.3) is 5.91 Å². The molecule has 1 aromatic carbocycles. The van der Waals surface area contributed by atoms with Crippen molar-refractivity contribution in [3.05, 3.63) is 39.9 Å². The molecule has 0 aliphatic carbocycles. The first-order valence-electron chi connectivity index (χ1n) is 7.55. The molecule has 5 nitrogen and oxygen atoms in total. The number of carboxylic acid groups (broad SMARTS) is 1. The molecule has 2 aromatic rings. The van der Waals surface area contributed by atoms with E-state index in [4.69, 9.17) is 11.6 Å². The summed E-state index contributed by atoms with van der Waals surface area (Å²) < 4.78 is 0. The number of hydrogen-bond donors (Lipinski definition) is 2. The van der Waals surface area contributed by atoms with E-state index in [0.717, 1.165) is 5.56 Å². The van der Waals surface area contributed by atoms with Crippen LogP contribution in [0, 0.1) is 12.8 Å². The Balaban J connectivity index is 2.21. The molecule has 7 heteroatoms. The lowest BCUT2D eigenvalue weighted by Crippen LogP contribution is -2.41. The summed E-state index contributed by atoms with van der Waals surface area (Å²) in [6.45, 7) is 5.57. The summed E-state index contributed by atoms with van der Waals surface area (Å²) in [5.74, 6) is -1.27. The van der Waals surface area contributed by atoms with E-state index in [1.54, 1.807) is 19.1 Å². The van der Waals surface area contributed by atoms with Crippen molar-refractivity contribution in [3.8, 4) is 10.6 Å². The van der Waals surface area contributed by atoms with Crippen molar-refractivity contribution in [1.29, 1.82) is 0 Å². The first-order valence-corrected chi connectivity index (χ1v) is 8.74. The second-order valence-electron chi connectivity index (χ2n) is 5.93. The number of aromatic nitrogens is 1. The van der Waals surface area contributed by atoms with Crippen molar-refractivity contribution in [2.45, 2.75) is 33.2 Å². The number of nitrogens with one attached hydrogen (secondary N) is 1. The molecule has 24 heavy (non-hydrogen) atoms. The highest BCUT2D eigenvalue weighted by atomic mass is 35.5. The van der Waals surface area contributed by atoms with Crippen molar-refractivity contribution in [2.75, 3.05) is 0 Å². The summed E-state index contributed by atoms with van der Waals surface area (Å²) in [5, 5.41) is 13.2. The fourth-order valence-electron chi connectivity index (χ4n) is 2.24. The van der Waals surface area contributed by atoms with Crippen LogP contribution >= 0.6 is 22.9 Å². The fraction of sp³-hybridized carbons (Fsp3) is 0.353. The standard InChI is InChI=1S/C17H19ClN2O3S/c1-9(2)8-13(17(22)23)20-15(21)14-10(3)19-16(24-14)11-4-6-12(18)7-5-11/h4-7,9,13H,8H2,1-3H3,(H,20,21)(H,22,23)/t13-/m0/s1. The minimum absolute atomic E-state index is 0.165. The van der Waals surface area contributed by atoms with Gasteiger partial charge in [-0.1, -0.05) is 37.6 Å². The molecular weight excluding hydrogens is 348 g/mol. The van der Waals surface area contributed by atoms with Gasteiger partial charge in [0.15, 0.2) is 0 Å². The average molecular weight is 367 g/mol. The van der Waals surface area contributed by atoms with Crippen LogP contribution in [0.5, 0.6) is 0 Å². The second kappa shape index (κ2) is 7.77. The predicted molar refractivity (Wildman–Crippen MR) is 95.6 cm³/mol. The molecule has 0 aliphatic rings. The number of carbonyl (C=O) groups excluding carboxylic acids is 1. The van der Waals surface area contributed by atoms with Crippen LogP contribution in [0.15, 0.2) is 24.3 Å². The Morgan fingerprint density at radius 1 is 1.29 bits per heavy atom. The van der Waals surface area contributed by atoms with Gasteiger partial charge in [-0.05, 0) is 31.4 Å². The van der Waals surface area contributed by atoms with E-state index in [1.165, 1.54) is 11.3 Å². The molecule has 1 aromatic heterocycles. The van der Waals surface area contributed by atoms with E-state index in [9.17, 15) is 14.7 Å². The molecule has 1 atom stereocenters. The third-order valence-corrected chi connectivity index (χ3v) is 4.86. The number of benzene rings is 1. The number of halogens is 1. The van der Waals surface area contributed by atoms with Crippen molar-refractivity contribution < 1.29 is 14.7 Å². The largest absolute Gasteiger partial charge is 0.480 e. The Labute approximate surface area is 149 Å². The summed E-state index contributed by atoms with van der Waals surface area (Å²) in [6.07, 6.45) is 0.378. The Hall–Kier alpha value is -1.92. The van der Waals surface area contributed by atoms with Crippen LogP contribution in [0.2, 0.25) is 5.02 Å². The third-order valence-electron chi connectivity index (χ3n) is 3.40. The maximum Gasteiger partial charge on any atom is 0.326 e. The summed E-state index contributed by atoms with van der Waals surface area (Å²) in [4.78, 5) is 28.6.